The Balaban J connectivity index is 1.38. The van der Waals surface area contributed by atoms with Gasteiger partial charge in [-0.2, -0.15) is 0 Å². The van der Waals surface area contributed by atoms with Crippen molar-refractivity contribution in [2.75, 3.05) is 18.4 Å². The number of nitrogens with zero attached hydrogens (tertiary/aromatic N) is 2. The monoisotopic (exact) mass is 419 g/mol. The van der Waals surface area contributed by atoms with E-state index in [1.807, 2.05) is 29.7 Å². The maximum absolute atomic E-state index is 11.2. The lowest BCUT2D eigenvalue weighted by atomic mass is 9.74. The van der Waals surface area contributed by atoms with Crippen LogP contribution in [-0.2, 0) is 23.2 Å². The van der Waals surface area contributed by atoms with Crippen molar-refractivity contribution in [3.8, 4) is 0 Å². The second kappa shape index (κ2) is 9.54. The first kappa shape index (κ1) is 20.8. The van der Waals surface area contributed by atoms with Crippen molar-refractivity contribution < 1.29 is 4.79 Å². The summed E-state index contributed by atoms with van der Waals surface area (Å²) in [4.78, 5) is 18.5. The summed E-state index contributed by atoms with van der Waals surface area (Å²) in [5, 5.41) is 6.25. The summed E-state index contributed by atoms with van der Waals surface area (Å²) < 4.78 is 0. The highest BCUT2D eigenvalue weighted by atomic mass is 32.1. The Morgan fingerprint density at radius 1 is 1.07 bits per heavy atom. The van der Waals surface area contributed by atoms with Gasteiger partial charge in [-0.05, 0) is 62.0 Å². The van der Waals surface area contributed by atoms with Gasteiger partial charge in [0.2, 0.25) is 5.91 Å². The van der Waals surface area contributed by atoms with Crippen LogP contribution in [0.4, 0.5) is 5.69 Å². The molecule has 0 aliphatic carbocycles. The van der Waals surface area contributed by atoms with Gasteiger partial charge in [0.1, 0.15) is 0 Å². The van der Waals surface area contributed by atoms with E-state index in [1.54, 1.807) is 0 Å². The third-order valence-electron chi connectivity index (χ3n) is 6.11. The third kappa shape index (κ3) is 5.15. The quantitative estimate of drug-likeness (QED) is 0.568. The fraction of sp³-hybridized carbons (Fsp3) is 0.360. The molecule has 4 nitrogen and oxygen atoms in total. The van der Waals surface area contributed by atoms with Gasteiger partial charge in [0, 0.05) is 36.1 Å². The minimum absolute atomic E-state index is 0.0344. The largest absolute Gasteiger partial charge is 0.326 e. The van der Waals surface area contributed by atoms with Gasteiger partial charge in [0.05, 0.1) is 5.01 Å². The van der Waals surface area contributed by atoms with E-state index in [1.165, 1.54) is 23.1 Å². The van der Waals surface area contributed by atoms with Crippen LogP contribution in [-0.4, -0.2) is 28.9 Å². The number of hydrogen-bond donors (Lipinski definition) is 1. The number of nitrogens with one attached hydrogen (secondary N) is 1. The predicted octanol–water partition coefficient (Wildman–Crippen LogP) is 5.27. The summed E-state index contributed by atoms with van der Waals surface area (Å²) in [5.41, 5.74) is 3.74. The standard InChI is InChI=1S/C25H29N3OS/c1-20(29)27-23-9-7-22(8-10-23)19-28-16-13-25(14-17-28,24-26-15-18-30-24)12-11-21-5-3-2-4-6-21/h2-10,15,18H,11-14,16-17,19H2,1H3,(H,27,29). The van der Waals surface area contributed by atoms with Crippen LogP contribution in [0.2, 0.25) is 0 Å². The number of carbonyl (C=O) groups excluding carboxylic acids is 1. The van der Waals surface area contributed by atoms with E-state index in [0.717, 1.165) is 51.0 Å². The second-order valence-electron chi connectivity index (χ2n) is 8.26. The number of hydrogen-bond acceptors (Lipinski definition) is 4. The third-order valence-corrected chi connectivity index (χ3v) is 7.13. The molecule has 1 aliphatic rings. The number of benzene rings is 2. The number of piperidine rings is 1. The van der Waals surface area contributed by atoms with Crippen molar-refractivity contribution in [3.63, 3.8) is 0 Å². The molecule has 1 N–H and O–H groups in total. The number of likely N-dealkylation sites (tertiary alicyclic amines) is 1. The number of aromatic nitrogens is 1. The second-order valence-corrected chi connectivity index (χ2v) is 9.15. The minimum atomic E-state index is -0.0344. The number of rotatable bonds is 7. The first-order chi connectivity index (χ1) is 14.6. The average Bonchev–Trinajstić information content (AvgIpc) is 3.31. The van der Waals surface area contributed by atoms with E-state index >= 15 is 0 Å². The lowest BCUT2D eigenvalue weighted by Crippen LogP contribution is -2.42. The molecule has 2 heterocycles. The van der Waals surface area contributed by atoms with E-state index in [-0.39, 0.29) is 11.3 Å². The van der Waals surface area contributed by atoms with Crippen LogP contribution in [0.25, 0.3) is 0 Å². The number of thiazole rings is 1. The molecule has 156 valence electrons. The Labute approximate surface area is 183 Å². The Morgan fingerprint density at radius 3 is 2.43 bits per heavy atom. The van der Waals surface area contributed by atoms with E-state index in [9.17, 15) is 4.79 Å². The first-order valence-corrected chi connectivity index (χ1v) is 11.5. The molecule has 5 heteroatoms. The predicted molar refractivity (Wildman–Crippen MR) is 124 cm³/mol. The number of amides is 1. The van der Waals surface area contributed by atoms with Crippen molar-refractivity contribution in [2.45, 2.75) is 44.6 Å². The summed E-state index contributed by atoms with van der Waals surface area (Å²) in [6.45, 7) is 4.66. The molecule has 2 aromatic carbocycles. The summed E-state index contributed by atoms with van der Waals surface area (Å²) in [6, 6.07) is 19.0. The highest BCUT2D eigenvalue weighted by Crippen LogP contribution is 2.41. The zero-order chi connectivity index (χ0) is 20.8. The summed E-state index contributed by atoms with van der Waals surface area (Å²) >= 11 is 1.81. The molecule has 4 rings (SSSR count). The fourth-order valence-electron chi connectivity index (χ4n) is 4.38. The van der Waals surface area contributed by atoms with Crippen LogP contribution in [0.1, 0.15) is 42.3 Å². The molecule has 0 bridgehead atoms. The molecule has 1 fully saturated rings. The molecule has 1 aromatic heterocycles. The zero-order valence-electron chi connectivity index (χ0n) is 17.5. The van der Waals surface area contributed by atoms with E-state index in [4.69, 9.17) is 4.98 Å². The van der Waals surface area contributed by atoms with Crippen molar-refractivity contribution in [1.82, 2.24) is 9.88 Å². The number of anilines is 1. The van der Waals surface area contributed by atoms with Crippen LogP contribution in [0.5, 0.6) is 0 Å². The molecule has 0 saturated carbocycles. The highest BCUT2D eigenvalue weighted by Gasteiger charge is 2.37. The van der Waals surface area contributed by atoms with Gasteiger partial charge in [0.15, 0.2) is 0 Å². The van der Waals surface area contributed by atoms with E-state index < -0.39 is 0 Å². The molecule has 1 aliphatic heterocycles. The summed E-state index contributed by atoms with van der Waals surface area (Å²) in [7, 11) is 0. The summed E-state index contributed by atoms with van der Waals surface area (Å²) in [5.74, 6) is -0.0344. The van der Waals surface area contributed by atoms with Gasteiger partial charge in [0.25, 0.3) is 0 Å². The molecule has 3 aromatic rings. The van der Waals surface area contributed by atoms with Gasteiger partial charge >= 0.3 is 0 Å². The van der Waals surface area contributed by atoms with E-state index in [2.05, 4.69) is 58.1 Å². The van der Waals surface area contributed by atoms with Crippen LogP contribution in [0.3, 0.4) is 0 Å². The fourth-order valence-corrected chi connectivity index (χ4v) is 5.31. The van der Waals surface area contributed by atoms with Gasteiger partial charge in [-0.3, -0.25) is 9.69 Å². The molecule has 0 spiro atoms. The van der Waals surface area contributed by atoms with Crippen molar-refractivity contribution in [2.24, 2.45) is 0 Å². The maximum Gasteiger partial charge on any atom is 0.221 e. The Kier molecular flexibility index (Phi) is 6.60. The van der Waals surface area contributed by atoms with Crippen molar-refractivity contribution in [3.05, 3.63) is 82.3 Å². The van der Waals surface area contributed by atoms with Crippen LogP contribution in [0, 0.1) is 0 Å². The zero-order valence-corrected chi connectivity index (χ0v) is 18.3. The number of aryl methyl sites for hydroxylation is 1. The Hall–Kier alpha value is -2.50. The minimum Gasteiger partial charge on any atom is -0.326 e. The molecule has 30 heavy (non-hydrogen) atoms. The Bertz CT molecular complexity index is 930. The molecular weight excluding hydrogens is 390 g/mol. The lowest BCUT2D eigenvalue weighted by molar-refractivity contribution is -0.114. The topological polar surface area (TPSA) is 45.2 Å². The van der Waals surface area contributed by atoms with Gasteiger partial charge in [-0.15, -0.1) is 11.3 Å². The average molecular weight is 420 g/mol. The SMILES string of the molecule is CC(=O)Nc1ccc(CN2CCC(CCc3ccccc3)(c3nccs3)CC2)cc1. The lowest BCUT2D eigenvalue weighted by Gasteiger charge is -2.41. The first-order valence-electron chi connectivity index (χ1n) is 10.7. The van der Waals surface area contributed by atoms with Gasteiger partial charge in [-0.1, -0.05) is 42.5 Å². The van der Waals surface area contributed by atoms with E-state index in [0.29, 0.717) is 0 Å². The van der Waals surface area contributed by atoms with Gasteiger partial charge < -0.3 is 5.32 Å². The molecule has 0 atom stereocenters. The normalized spacial score (nSPS) is 16.3. The highest BCUT2D eigenvalue weighted by molar-refractivity contribution is 7.09. The molecule has 0 radical (unpaired) electrons. The van der Waals surface area contributed by atoms with Crippen LogP contribution < -0.4 is 5.32 Å². The molecule has 0 unspecified atom stereocenters. The maximum atomic E-state index is 11.2. The molecular formula is C25H29N3OS. The molecule has 1 saturated heterocycles. The summed E-state index contributed by atoms with van der Waals surface area (Å²) in [6.07, 6.45) is 6.51. The number of carbonyl (C=O) groups is 1. The smallest absolute Gasteiger partial charge is 0.221 e. The van der Waals surface area contributed by atoms with Crippen LogP contribution >= 0.6 is 11.3 Å². The van der Waals surface area contributed by atoms with Crippen molar-refractivity contribution in [1.29, 1.82) is 0 Å². The van der Waals surface area contributed by atoms with Crippen molar-refractivity contribution >= 4 is 22.9 Å². The van der Waals surface area contributed by atoms with Crippen LogP contribution in [0.15, 0.2) is 66.2 Å². The van der Waals surface area contributed by atoms with Gasteiger partial charge in [-0.25, -0.2) is 4.98 Å². The Morgan fingerprint density at radius 2 is 1.80 bits per heavy atom. The molecule has 1 amide bonds.